The molecule has 0 saturated heterocycles. The van der Waals surface area contributed by atoms with Crippen LogP contribution in [0.2, 0.25) is 5.02 Å². The highest BCUT2D eigenvalue weighted by Gasteiger charge is 2.07. The third kappa shape index (κ3) is 4.66. The van der Waals surface area contributed by atoms with E-state index < -0.39 is 0 Å². The number of aromatic nitrogens is 3. The minimum atomic E-state index is 0.370. The highest BCUT2D eigenvalue weighted by Crippen LogP contribution is 2.13. The molecule has 0 aliphatic carbocycles. The minimum absolute atomic E-state index is 0.370. The summed E-state index contributed by atoms with van der Waals surface area (Å²) in [4.78, 5) is 9.48. The molecule has 0 aliphatic heterocycles. The van der Waals surface area contributed by atoms with Crippen LogP contribution in [0.1, 0.15) is 11.1 Å². The Labute approximate surface area is 153 Å². The standard InChI is InChI=1S/C17H14BrClN4O/c18-15-5-3-14(4-6-15)17(9-23-12-20-11-21-23)22-24-10-13-1-7-16(19)8-2-13/h1-8,11-12H,9-10H2. The number of nitrogens with zero attached hydrogens (tertiary/aromatic N) is 4. The SMILES string of the molecule is Clc1ccc(CON=C(Cn2cncn2)c2ccc(Br)cc2)cc1. The average molecular weight is 406 g/mol. The van der Waals surface area contributed by atoms with Crippen molar-refractivity contribution in [2.45, 2.75) is 13.2 Å². The lowest BCUT2D eigenvalue weighted by atomic mass is 10.1. The van der Waals surface area contributed by atoms with E-state index in [1.54, 1.807) is 11.0 Å². The van der Waals surface area contributed by atoms with Crippen molar-refractivity contribution in [2.24, 2.45) is 5.16 Å². The van der Waals surface area contributed by atoms with Crippen LogP contribution in [0.15, 0.2) is 70.8 Å². The Hall–Kier alpha value is -2.18. The van der Waals surface area contributed by atoms with Crippen LogP contribution in [0.3, 0.4) is 0 Å². The second-order valence-corrected chi connectivity index (χ2v) is 6.39. The number of benzene rings is 2. The summed E-state index contributed by atoms with van der Waals surface area (Å²) >= 11 is 9.32. The zero-order valence-corrected chi connectivity index (χ0v) is 15.0. The van der Waals surface area contributed by atoms with Crippen molar-refractivity contribution in [2.75, 3.05) is 0 Å². The zero-order chi connectivity index (χ0) is 16.8. The number of hydrogen-bond acceptors (Lipinski definition) is 4. The number of hydrogen-bond donors (Lipinski definition) is 0. The maximum Gasteiger partial charge on any atom is 0.142 e. The summed E-state index contributed by atoms with van der Waals surface area (Å²) in [5.74, 6) is 0. The van der Waals surface area contributed by atoms with E-state index in [-0.39, 0.29) is 0 Å². The third-order valence-electron chi connectivity index (χ3n) is 3.28. The summed E-state index contributed by atoms with van der Waals surface area (Å²) in [5, 5.41) is 9.11. The molecule has 0 radical (unpaired) electrons. The fourth-order valence-electron chi connectivity index (χ4n) is 2.05. The summed E-state index contributed by atoms with van der Waals surface area (Å²) in [6.45, 7) is 0.844. The molecule has 0 aliphatic rings. The van der Waals surface area contributed by atoms with Crippen LogP contribution in [-0.2, 0) is 18.0 Å². The lowest BCUT2D eigenvalue weighted by molar-refractivity contribution is 0.130. The van der Waals surface area contributed by atoms with E-state index in [0.29, 0.717) is 18.2 Å². The monoisotopic (exact) mass is 404 g/mol. The van der Waals surface area contributed by atoms with Crippen LogP contribution in [0.5, 0.6) is 0 Å². The summed E-state index contributed by atoms with van der Waals surface area (Å²) in [6.07, 6.45) is 3.14. The molecule has 0 amide bonds. The second-order valence-electron chi connectivity index (χ2n) is 5.04. The van der Waals surface area contributed by atoms with E-state index in [4.69, 9.17) is 16.4 Å². The van der Waals surface area contributed by atoms with Crippen LogP contribution >= 0.6 is 27.5 Å². The molecule has 0 saturated carbocycles. The van der Waals surface area contributed by atoms with Gasteiger partial charge in [-0.15, -0.1) is 0 Å². The molecule has 0 N–H and O–H groups in total. The number of halogens is 2. The average Bonchev–Trinajstić information content (AvgIpc) is 3.10. The van der Waals surface area contributed by atoms with Crippen molar-refractivity contribution in [3.05, 3.63) is 81.8 Å². The van der Waals surface area contributed by atoms with Crippen LogP contribution in [-0.4, -0.2) is 20.5 Å². The molecule has 7 heteroatoms. The van der Waals surface area contributed by atoms with Crippen LogP contribution in [0.4, 0.5) is 0 Å². The Morgan fingerprint density at radius 1 is 1.12 bits per heavy atom. The Bertz CT molecular complexity index is 802. The van der Waals surface area contributed by atoms with Gasteiger partial charge in [-0.3, -0.25) is 0 Å². The number of oxime groups is 1. The van der Waals surface area contributed by atoms with Gasteiger partial charge in [-0.2, -0.15) is 5.10 Å². The second kappa shape index (κ2) is 8.08. The Morgan fingerprint density at radius 2 is 1.88 bits per heavy atom. The lowest BCUT2D eigenvalue weighted by Gasteiger charge is -2.08. The van der Waals surface area contributed by atoms with Crippen molar-refractivity contribution in [1.82, 2.24) is 14.8 Å². The maximum atomic E-state index is 5.88. The first-order chi connectivity index (χ1) is 11.7. The van der Waals surface area contributed by atoms with Gasteiger partial charge >= 0.3 is 0 Å². The molecular weight excluding hydrogens is 392 g/mol. The smallest absolute Gasteiger partial charge is 0.142 e. The van der Waals surface area contributed by atoms with Gasteiger partial charge in [0.05, 0.1) is 6.54 Å². The third-order valence-corrected chi connectivity index (χ3v) is 4.06. The van der Waals surface area contributed by atoms with Crippen LogP contribution < -0.4 is 0 Å². The van der Waals surface area contributed by atoms with E-state index in [1.807, 2.05) is 48.5 Å². The quantitative estimate of drug-likeness (QED) is 0.453. The topological polar surface area (TPSA) is 52.3 Å². The fraction of sp³-hybridized carbons (Fsp3) is 0.118. The predicted molar refractivity (Wildman–Crippen MR) is 96.9 cm³/mol. The van der Waals surface area contributed by atoms with Gasteiger partial charge in [-0.1, -0.05) is 57.0 Å². The van der Waals surface area contributed by atoms with Crippen molar-refractivity contribution in [3.63, 3.8) is 0 Å². The zero-order valence-electron chi connectivity index (χ0n) is 12.6. The Kier molecular flexibility index (Phi) is 5.61. The summed E-state index contributed by atoms with van der Waals surface area (Å²) < 4.78 is 2.71. The van der Waals surface area contributed by atoms with Crippen molar-refractivity contribution >= 4 is 33.2 Å². The van der Waals surface area contributed by atoms with E-state index in [9.17, 15) is 0 Å². The summed E-state index contributed by atoms with van der Waals surface area (Å²) in [5.41, 5.74) is 2.73. The molecule has 0 bridgehead atoms. The predicted octanol–water partition coefficient (Wildman–Crippen LogP) is 4.32. The molecule has 3 rings (SSSR count). The van der Waals surface area contributed by atoms with Gasteiger partial charge in [0.25, 0.3) is 0 Å². The molecule has 0 spiro atoms. The van der Waals surface area contributed by atoms with Gasteiger partial charge in [0, 0.05) is 15.1 Å². The molecule has 0 fully saturated rings. The Balaban J connectivity index is 1.75. The first-order valence-corrected chi connectivity index (χ1v) is 8.39. The van der Waals surface area contributed by atoms with Gasteiger partial charge in [-0.05, 0) is 29.8 Å². The van der Waals surface area contributed by atoms with E-state index in [0.717, 1.165) is 21.3 Å². The molecule has 1 aromatic heterocycles. The molecule has 3 aromatic rings. The van der Waals surface area contributed by atoms with Crippen molar-refractivity contribution < 1.29 is 4.84 Å². The molecule has 2 aromatic carbocycles. The van der Waals surface area contributed by atoms with E-state index >= 15 is 0 Å². The van der Waals surface area contributed by atoms with Gasteiger partial charge in [0.2, 0.25) is 0 Å². The first-order valence-electron chi connectivity index (χ1n) is 7.22. The van der Waals surface area contributed by atoms with E-state index in [2.05, 4.69) is 31.2 Å². The molecule has 0 unspecified atom stereocenters. The summed E-state index contributed by atoms with van der Waals surface area (Å²) in [7, 11) is 0. The molecule has 24 heavy (non-hydrogen) atoms. The largest absolute Gasteiger partial charge is 0.391 e. The highest BCUT2D eigenvalue weighted by molar-refractivity contribution is 9.10. The van der Waals surface area contributed by atoms with Gasteiger partial charge in [0.1, 0.15) is 25.0 Å². The van der Waals surface area contributed by atoms with Gasteiger partial charge in [0.15, 0.2) is 0 Å². The molecule has 5 nitrogen and oxygen atoms in total. The fourth-order valence-corrected chi connectivity index (χ4v) is 2.44. The van der Waals surface area contributed by atoms with Crippen LogP contribution in [0, 0.1) is 0 Å². The first kappa shape index (κ1) is 16.7. The molecule has 0 atom stereocenters. The van der Waals surface area contributed by atoms with E-state index in [1.165, 1.54) is 6.33 Å². The minimum Gasteiger partial charge on any atom is -0.391 e. The summed E-state index contributed by atoms with van der Waals surface area (Å²) in [6, 6.07) is 15.4. The normalized spacial score (nSPS) is 11.5. The van der Waals surface area contributed by atoms with Gasteiger partial charge in [-0.25, -0.2) is 9.67 Å². The highest BCUT2D eigenvalue weighted by atomic mass is 79.9. The van der Waals surface area contributed by atoms with Gasteiger partial charge < -0.3 is 4.84 Å². The molecular formula is C17H14BrClN4O. The van der Waals surface area contributed by atoms with Crippen molar-refractivity contribution in [3.8, 4) is 0 Å². The lowest BCUT2D eigenvalue weighted by Crippen LogP contribution is -2.13. The Morgan fingerprint density at radius 3 is 2.54 bits per heavy atom. The maximum absolute atomic E-state index is 5.88. The van der Waals surface area contributed by atoms with Crippen molar-refractivity contribution in [1.29, 1.82) is 0 Å². The van der Waals surface area contributed by atoms with Crippen LogP contribution in [0.25, 0.3) is 0 Å². The number of rotatable bonds is 6. The molecule has 122 valence electrons. The molecule has 1 heterocycles.